The summed E-state index contributed by atoms with van der Waals surface area (Å²) in [5.74, 6) is -2.69. The first-order valence-corrected chi connectivity index (χ1v) is 3.97. The standard InChI is InChI=1S/C9H11F2NO/c1-12-5-4-6-2-3-7(10)9(13)8(6)11/h2-3,12-13H,4-5H2,1H3. The second-order valence-electron chi connectivity index (χ2n) is 2.72. The average Bonchev–Trinajstić information content (AvgIpc) is 2.13. The molecule has 1 rings (SSSR count). The summed E-state index contributed by atoms with van der Waals surface area (Å²) >= 11 is 0. The fourth-order valence-electron chi connectivity index (χ4n) is 1.04. The van der Waals surface area contributed by atoms with E-state index in [1.807, 2.05) is 0 Å². The molecule has 0 amide bonds. The molecular weight excluding hydrogens is 176 g/mol. The van der Waals surface area contributed by atoms with Crippen LogP contribution in [0.25, 0.3) is 0 Å². The Labute approximate surface area is 75.2 Å². The number of phenols is 1. The molecule has 0 bridgehead atoms. The summed E-state index contributed by atoms with van der Waals surface area (Å²) in [6.45, 7) is 0.585. The van der Waals surface area contributed by atoms with Gasteiger partial charge < -0.3 is 10.4 Å². The van der Waals surface area contributed by atoms with Crippen LogP contribution in [0.2, 0.25) is 0 Å². The monoisotopic (exact) mass is 187 g/mol. The molecule has 13 heavy (non-hydrogen) atoms. The van der Waals surface area contributed by atoms with Gasteiger partial charge in [0.1, 0.15) is 0 Å². The summed E-state index contributed by atoms with van der Waals surface area (Å²) in [6, 6.07) is 2.39. The molecule has 0 aliphatic carbocycles. The summed E-state index contributed by atoms with van der Waals surface area (Å²) in [6.07, 6.45) is 0.427. The predicted molar refractivity (Wildman–Crippen MR) is 45.7 cm³/mol. The second kappa shape index (κ2) is 4.18. The number of aromatic hydroxyl groups is 1. The van der Waals surface area contributed by atoms with E-state index in [4.69, 9.17) is 5.11 Å². The van der Waals surface area contributed by atoms with Gasteiger partial charge in [-0.15, -0.1) is 0 Å². The number of benzene rings is 1. The highest BCUT2D eigenvalue weighted by atomic mass is 19.1. The van der Waals surface area contributed by atoms with Crippen LogP contribution < -0.4 is 5.32 Å². The van der Waals surface area contributed by atoms with E-state index in [9.17, 15) is 8.78 Å². The minimum absolute atomic E-state index is 0.313. The van der Waals surface area contributed by atoms with Gasteiger partial charge in [0.05, 0.1) is 0 Å². The van der Waals surface area contributed by atoms with Gasteiger partial charge in [-0.05, 0) is 31.6 Å². The van der Waals surface area contributed by atoms with Gasteiger partial charge in [0.15, 0.2) is 17.4 Å². The van der Waals surface area contributed by atoms with Gasteiger partial charge in [0.25, 0.3) is 0 Å². The molecule has 0 atom stereocenters. The largest absolute Gasteiger partial charge is 0.503 e. The van der Waals surface area contributed by atoms with Gasteiger partial charge in [0.2, 0.25) is 0 Å². The van der Waals surface area contributed by atoms with Crippen molar-refractivity contribution in [3.8, 4) is 5.75 Å². The minimum atomic E-state index is -0.925. The first-order valence-electron chi connectivity index (χ1n) is 3.97. The number of halogens is 2. The first kappa shape index (κ1) is 9.92. The predicted octanol–water partition coefficient (Wildman–Crippen LogP) is 1.43. The lowest BCUT2D eigenvalue weighted by atomic mass is 10.1. The van der Waals surface area contributed by atoms with Crippen LogP contribution in [-0.4, -0.2) is 18.7 Å². The van der Waals surface area contributed by atoms with Crippen LogP contribution in [0.3, 0.4) is 0 Å². The highest BCUT2D eigenvalue weighted by Crippen LogP contribution is 2.22. The molecule has 0 aromatic heterocycles. The SMILES string of the molecule is CNCCc1ccc(F)c(O)c1F. The lowest BCUT2D eigenvalue weighted by molar-refractivity contribution is 0.393. The molecule has 1 aromatic carbocycles. The average molecular weight is 187 g/mol. The molecule has 1 aromatic rings. The third kappa shape index (κ3) is 2.15. The van der Waals surface area contributed by atoms with Crippen molar-refractivity contribution >= 4 is 0 Å². The molecule has 0 radical (unpaired) electrons. The van der Waals surface area contributed by atoms with E-state index < -0.39 is 17.4 Å². The van der Waals surface area contributed by atoms with Crippen LogP contribution in [0.15, 0.2) is 12.1 Å². The highest BCUT2D eigenvalue weighted by Gasteiger charge is 2.11. The number of hydrogen-bond acceptors (Lipinski definition) is 2. The van der Waals surface area contributed by atoms with Gasteiger partial charge in [-0.3, -0.25) is 0 Å². The van der Waals surface area contributed by atoms with E-state index in [2.05, 4.69) is 5.32 Å². The van der Waals surface area contributed by atoms with Crippen LogP contribution in [-0.2, 0) is 6.42 Å². The zero-order chi connectivity index (χ0) is 9.84. The number of phenolic OH excluding ortho intramolecular Hbond substituents is 1. The first-order chi connectivity index (χ1) is 6.16. The maximum absolute atomic E-state index is 13.1. The van der Waals surface area contributed by atoms with E-state index in [0.717, 1.165) is 6.07 Å². The molecule has 2 N–H and O–H groups in total. The Bertz CT molecular complexity index is 302. The van der Waals surface area contributed by atoms with E-state index in [1.165, 1.54) is 6.07 Å². The summed E-state index contributed by atoms with van der Waals surface area (Å²) < 4.78 is 25.6. The van der Waals surface area contributed by atoms with Gasteiger partial charge in [-0.2, -0.15) is 0 Å². The molecule has 2 nitrogen and oxygen atoms in total. The smallest absolute Gasteiger partial charge is 0.188 e. The third-order valence-corrected chi connectivity index (χ3v) is 1.79. The van der Waals surface area contributed by atoms with Crippen LogP contribution in [0, 0.1) is 11.6 Å². The van der Waals surface area contributed by atoms with Gasteiger partial charge in [-0.1, -0.05) is 6.07 Å². The van der Waals surface area contributed by atoms with Gasteiger partial charge in [0, 0.05) is 0 Å². The van der Waals surface area contributed by atoms with Crippen LogP contribution >= 0.6 is 0 Å². The molecule has 0 saturated carbocycles. The van der Waals surface area contributed by atoms with Gasteiger partial charge >= 0.3 is 0 Å². The van der Waals surface area contributed by atoms with Crippen molar-refractivity contribution in [3.05, 3.63) is 29.3 Å². The number of likely N-dealkylation sites (N-methyl/N-ethyl adjacent to an activating group) is 1. The zero-order valence-corrected chi connectivity index (χ0v) is 7.27. The fraction of sp³-hybridized carbons (Fsp3) is 0.333. The molecule has 72 valence electrons. The summed E-state index contributed by atoms with van der Waals surface area (Å²) in [7, 11) is 1.74. The Hall–Kier alpha value is -1.16. The zero-order valence-electron chi connectivity index (χ0n) is 7.27. The Morgan fingerprint density at radius 1 is 1.38 bits per heavy atom. The van der Waals surface area contributed by atoms with Crippen molar-refractivity contribution in [3.63, 3.8) is 0 Å². The number of nitrogens with one attached hydrogen (secondary N) is 1. The summed E-state index contributed by atoms with van der Waals surface area (Å²) in [5.41, 5.74) is 0.313. The number of rotatable bonds is 3. The quantitative estimate of drug-likeness (QED) is 0.750. The summed E-state index contributed by atoms with van der Waals surface area (Å²) in [4.78, 5) is 0. The highest BCUT2D eigenvalue weighted by molar-refractivity contribution is 5.31. The minimum Gasteiger partial charge on any atom is -0.503 e. The Kier molecular flexibility index (Phi) is 3.19. The van der Waals surface area contributed by atoms with Crippen molar-refractivity contribution in [1.29, 1.82) is 0 Å². The Morgan fingerprint density at radius 2 is 2.08 bits per heavy atom. The van der Waals surface area contributed by atoms with Gasteiger partial charge in [-0.25, -0.2) is 8.78 Å². The van der Waals surface area contributed by atoms with Crippen molar-refractivity contribution < 1.29 is 13.9 Å². The van der Waals surface area contributed by atoms with Crippen LogP contribution in [0.5, 0.6) is 5.75 Å². The summed E-state index contributed by atoms with van der Waals surface area (Å²) in [5, 5.41) is 11.8. The second-order valence-corrected chi connectivity index (χ2v) is 2.72. The van der Waals surface area contributed by atoms with E-state index in [1.54, 1.807) is 7.05 Å². The molecule has 0 aliphatic heterocycles. The lowest BCUT2D eigenvalue weighted by Gasteiger charge is -2.04. The molecule has 4 heteroatoms. The molecule has 0 aliphatic rings. The van der Waals surface area contributed by atoms with Crippen molar-refractivity contribution in [1.82, 2.24) is 5.32 Å². The van der Waals surface area contributed by atoms with Crippen LogP contribution in [0.4, 0.5) is 8.78 Å². The van der Waals surface area contributed by atoms with E-state index >= 15 is 0 Å². The van der Waals surface area contributed by atoms with Crippen molar-refractivity contribution in [2.75, 3.05) is 13.6 Å². The Balaban J connectivity index is 2.90. The van der Waals surface area contributed by atoms with Crippen molar-refractivity contribution in [2.45, 2.75) is 6.42 Å². The maximum atomic E-state index is 13.1. The molecule has 0 spiro atoms. The number of hydrogen-bond donors (Lipinski definition) is 2. The fourth-order valence-corrected chi connectivity index (χ4v) is 1.04. The molecule has 0 fully saturated rings. The normalized spacial score (nSPS) is 10.4. The lowest BCUT2D eigenvalue weighted by Crippen LogP contribution is -2.11. The third-order valence-electron chi connectivity index (χ3n) is 1.79. The molecule has 0 heterocycles. The molecule has 0 unspecified atom stereocenters. The van der Waals surface area contributed by atoms with Crippen LogP contribution in [0.1, 0.15) is 5.56 Å². The van der Waals surface area contributed by atoms with E-state index in [-0.39, 0.29) is 0 Å². The Morgan fingerprint density at radius 3 is 2.69 bits per heavy atom. The maximum Gasteiger partial charge on any atom is 0.188 e. The molecular formula is C9H11F2NO. The topological polar surface area (TPSA) is 32.3 Å². The van der Waals surface area contributed by atoms with Crippen molar-refractivity contribution in [2.24, 2.45) is 0 Å². The van der Waals surface area contributed by atoms with E-state index in [0.29, 0.717) is 18.5 Å². The molecule has 0 saturated heterocycles.